The predicted octanol–water partition coefficient (Wildman–Crippen LogP) is 5.53. The number of thiazole rings is 1. The van der Waals surface area contributed by atoms with Crippen LogP contribution in [0, 0.1) is 13.8 Å². The minimum atomic E-state index is -0.602. The molecule has 1 atom stereocenters. The van der Waals surface area contributed by atoms with Gasteiger partial charge in [-0.05, 0) is 63.1 Å². The molecule has 7 heteroatoms. The van der Waals surface area contributed by atoms with E-state index in [-0.39, 0.29) is 5.97 Å². The van der Waals surface area contributed by atoms with Crippen molar-refractivity contribution in [3.8, 4) is 22.1 Å². The maximum Gasteiger partial charge on any atom is 0.335 e. The molecule has 6 nitrogen and oxygen atoms in total. The van der Waals surface area contributed by atoms with E-state index < -0.39 is 6.10 Å². The maximum absolute atomic E-state index is 12.2. The number of ether oxygens (including phenoxy) is 4. The third kappa shape index (κ3) is 6.55. The lowest BCUT2D eigenvalue weighted by Crippen LogP contribution is -2.29. The number of aromatic nitrogens is 1. The van der Waals surface area contributed by atoms with Crippen molar-refractivity contribution in [1.82, 2.24) is 4.98 Å². The molecular weight excluding hydrogens is 438 g/mol. The Labute approximate surface area is 199 Å². The summed E-state index contributed by atoms with van der Waals surface area (Å²) in [6.07, 6.45) is -0.133. The first-order valence-electron chi connectivity index (χ1n) is 11.1. The highest BCUT2D eigenvalue weighted by Crippen LogP contribution is 2.31. The predicted molar refractivity (Wildman–Crippen MR) is 130 cm³/mol. The van der Waals surface area contributed by atoms with E-state index in [2.05, 4.69) is 0 Å². The van der Waals surface area contributed by atoms with E-state index in [0.29, 0.717) is 26.2 Å². The number of methoxy groups -OCH3 is 1. The summed E-state index contributed by atoms with van der Waals surface area (Å²) in [5.41, 5.74) is 4.06. The molecule has 3 rings (SSSR count). The number of aryl methyl sites for hydroxylation is 2. The molecule has 0 amide bonds. The molecule has 33 heavy (non-hydrogen) atoms. The van der Waals surface area contributed by atoms with Gasteiger partial charge in [-0.25, -0.2) is 9.78 Å². The van der Waals surface area contributed by atoms with Crippen LogP contribution in [-0.2, 0) is 27.3 Å². The Bertz CT molecular complexity index is 1080. The Morgan fingerprint density at radius 2 is 1.88 bits per heavy atom. The first-order chi connectivity index (χ1) is 15.9. The third-order valence-electron chi connectivity index (χ3n) is 5.22. The number of rotatable bonds is 11. The largest absolute Gasteiger partial charge is 0.497 e. The van der Waals surface area contributed by atoms with Crippen molar-refractivity contribution in [2.24, 2.45) is 0 Å². The number of hydrogen-bond donors (Lipinski definition) is 0. The smallest absolute Gasteiger partial charge is 0.335 e. The van der Waals surface area contributed by atoms with E-state index >= 15 is 0 Å². The topological polar surface area (TPSA) is 66.9 Å². The van der Waals surface area contributed by atoms with Gasteiger partial charge in [-0.15, -0.1) is 11.3 Å². The molecule has 0 saturated heterocycles. The van der Waals surface area contributed by atoms with Crippen molar-refractivity contribution in [2.75, 3.05) is 20.3 Å². The summed E-state index contributed by atoms with van der Waals surface area (Å²) >= 11 is 1.62. The maximum atomic E-state index is 12.2. The molecule has 176 valence electrons. The molecule has 0 saturated carbocycles. The minimum absolute atomic E-state index is 0.327. The molecule has 0 aliphatic rings. The summed E-state index contributed by atoms with van der Waals surface area (Å²) in [4.78, 5) is 17.9. The van der Waals surface area contributed by atoms with Crippen LogP contribution in [0.3, 0.4) is 0 Å². The van der Waals surface area contributed by atoms with E-state index in [1.165, 1.54) is 0 Å². The number of esters is 1. The SMILES string of the molecule is CCOC(=O)C(Cc1ccc(OCc2sc(-c3cccc(OC)c3)nc2C)cc1C)OCC. The van der Waals surface area contributed by atoms with Gasteiger partial charge in [0, 0.05) is 18.6 Å². The Morgan fingerprint density at radius 3 is 2.58 bits per heavy atom. The number of hydrogen-bond acceptors (Lipinski definition) is 7. The summed E-state index contributed by atoms with van der Waals surface area (Å²) in [5.74, 6) is 1.26. The second-order valence-corrected chi connectivity index (χ2v) is 8.62. The van der Waals surface area contributed by atoms with E-state index in [0.717, 1.165) is 43.8 Å². The zero-order valence-electron chi connectivity index (χ0n) is 19.8. The third-order valence-corrected chi connectivity index (χ3v) is 6.40. The molecule has 0 aliphatic heterocycles. The second kappa shape index (κ2) is 11.8. The van der Waals surface area contributed by atoms with Crippen molar-refractivity contribution < 1.29 is 23.7 Å². The van der Waals surface area contributed by atoms with Gasteiger partial charge in [0.15, 0.2) is 6.10 Å². The average molecular weight is 470 g/mol. The van der Waals surface area contributed by atoms with Crippen LogP contribution < -0.4 is 9.47 Å². The Hall–Kier alpha value is -2.90. The van der Waals surface area contributed by atoms with Crippen LogP contribution in [0.2, 0.25) is 0 Å². The van der Waals surface area contributed by atoms with Gasteiger partial charge >= 0.3 is 5.97 Å². The minimum Gasteiger partial charge on any atom is -0.497 e. The van der Waals surface area contributed by atoms with Crippen LogP contribution in [0.15, 0.2) is 42.5 Å². The van der Waals surface area contributed by atoms with Crippen LogP contribution in [0.1, 0.15) is 35.5 Å². The van der Waals surface area contributed by atoms with Gasteiger partial charge in [-0.3, -0.25) is 0 Å². The van der Waals surface area contributed by atoms with Crippen LogP contribution in [0.4, 0.5) is 0 Å². The zero-order valence-corrected chi connectivity index (χ0v) is 20.7. The highest BCUT2D eigenvalue weighted by atomic mass is 32.1. The van der Waals surface area contributed by atoms with Crippen LogP contribution in [-0.4, -0.2) is 37.4 Å². The molecule has 1 unspecified atom stereocenters. The van der Waals surface area contributed by atoms with Crippen molar-refractivity contribution >= 4 is 17.3 Å². The monoisotopic (exact) mass is 469 g/mol. The summed E-state index contributed by atoms with van der Waals surface area (Å²) in [7, 11) is 1.66. The molecular formula is C26H31NO5S. The molecule has 1 heterocycles. The lowest BCUT2D eigenvalue weighted by Gasteiger charge is -2.17. The van der Waals surface area contributed by atoms with Crippen LogP contribution >= 0.6 is 11.3 Å². The van der Waals surface area contributed by atoms with Gasteiger partial charge in [0.2, 0.25) is 0 Å². The van der Waals surface area contributed by atoms with Gasteiger partial charge in [0.05, 0.1) is 24.3 Å². The van der Waals surface area contributed by atoms with Gasteiger partial charge in [-0.2, -0.15) is 0 Å². The first-order valence-corrected chi connectivity index (χ1v) is 11.9. The van der Waals surface area contributed by atoms with Crippen molar-refractivity contribution in [2.45, 2.75) is 46.8 Å². The standard InChI is InChI=1S/C26H31NO5S/c1-6-30-23(26(28)31-7-2)15-19-11-12-22(13-17(19)3)32-16-24-18(4)27-25(33-24)20-9-8-10-21(14-20)29-5/h8-14,23H,6-7,15-16H2,1-5H3. The molecule has 0 bridgehead atoms. The Morgan fingerprint density at radius 1 is 1.06 bits per heavy atom. The normalized spacial score (nSPS) is 11.8. The lowest BCUT2D eigenvalue weighted by atomic mass is 10.0. The summed E-state index contributed by atoms with van der Waals surface area (Å²) in [6, 6.07) is 13.8. The summed E-state index contributed by atoms with van der Waals surface area (Å²) < 4.78 is 22.1. The lowest BCUT2D eigenvalue weighted by molar-refractivity contribution is -0.156. The van der Waals surface area contributed by atoms with Crippen LogP contribution in [0.5, 0.6) is 11.5 Å². The highest BCUT2D eigenvalue weighted by molar-refractivity contribution is 7.15. The Kier molecular flexibility index (Phi) is 8.86. The van der Waals surface area contributed by atoms with E-state index in [1.807, 2.05) is 63.2 Å². The van der Waals surface area contributed by atoms with Gasteiger partial charge < -0.3 is 18.9 Å². The van der Waals surface area contributed by atoms with E-state index in [9.17, 15) is 4.79 Å². The molecule has 0 spiro atoms. The van der Waals surface area contributed by atoms with Gasteiger partial charge in [0.25, 0.3) is 0 Å². The second-order valence-electron chi connectivity index (χ2n) is 7.54. The number of carbonyl (C=O) groups is 1. The fraction of sp³-hybridized carbons (Fsp3) is 0.385. The van der Waals surface area contributed by atoms with Crippen molar-refractivity contribution in [1.29, 1.82) is 0 Å². The molecule has 3 aromatic rings. The van der Waals surface area contributed by atoms with Gasteiger partial charge in [-0.1, -0.05) is 18.2 Å². The summed E-state index contributed by atoms with van der Waals surface area (Å²) in [6.45, 7) is 8.91. The van der Waals surface area contributed by atoms with E-state index in [4.69, 9.17) is 23.9 Å². The quantitative estimate of drug-likeness (QED) is 0.344. The first kappa shape index (κ1) is 24.7. The van der Waals surface area contributed by atoms with Crippen LogP contribution in [0.25, 0.3) is 10.6 Å². The number of benzene rings is 2. The molecule has 0 N–H and O–H groups in total. The molecule has 1 aromatic heterocycles. The van der Waals surface area contributed by atoms with Crippen molar-refractivity contribution in [3.63, 3.8) is 0 Å². The number of carbonyl (C=O) groups excluding carboxylic acids is 1. The molecule has 0 fully saturated rings. The zero-order chi connectivity index (χ0) is 23.8. The highest BCUT2D eigenvalue weighted by Gasteiger charge is 2.21. The fourth-order valence-corrected chi connectivity index (χ4v) is 4.40. The van der Waals surface area contributed by atoms with Crippen molar-refractivity contribution in [3.05, 3.63) is 64.2 Å². The van der Waals surface area contributed by atoms with E-state index in [1.54, 1.807) is 25.4 Å². The molecule has 0 aliphatic carbocycles. The summed E-state index contributed by atoms with van der Waals surface area (Å²) in [5, 5.41) is 0.942. The fourth-order valence-electron chi connectivity index (χ4n) is 3.42. The Balaban J connectivity index is 1.67. The van der Waals surface area contributed by atoms with Gasteiger partial charge in [0.1, 0.15) is 23.1 Å². The number of nitrogens with zero attached hydrogens (tertiary/aromatic N) is 1. The molecule has 2 aromatic carbocycles. The average Bonchev–Trinajstić information content (AvgIpc) is 3.19. The molecule has 0 radical (unpaired) electrons.